The average Bonchev–Trinajstić information content (AvgIpc) is 3.22. The first-order valence-electron chi connectivity index (χ1n) is 11.0. The van der Waals surface area contributed by atoms with E-state index in [9.17, 15) is 0 Å². The smallest absolute Gasteiger partial charge is 0.241 e. The van der Waals surface area contributed by atoms with Gasteiger partial charge in [-0.1, -0.05) is 44.2 Å². The molecular formula is C26H29N3OS. The number of ether oxygens (including phenoxy) is 1. The summed E-state index contributed by atoms with van der Waals surface area (Å²) in [7, 11) is 0. The van der Waals surface area contributed by atoms with Crippen molar-refractivity contribution in [1.82, 2.24) is 15.0 Å². The average molecular weight is 432 g/mol. The van der Waals surface area contributed by atoms with E-state index in [0.29, 0.717) is 11.8 Å². The van der Waals surface area contributed by atoms with Gasteiger partial charge in [0.15, 0.2) is 0 Å². The molecule has 160 valence electrons. The van der Waals surface area contributed by atoms with E-state index >= 15 is 0 Å². The van der Waals surface area contributed by atoms with E-state index in [-0.39, 0.29) is 6.10 Å². The van der Waals surface area contributed by atoms with Crippen molar-refractivity contribution in [3.05, 3.63) is 70.2 Å². The molecule has 0 amide bonds. The number of aryl methyl sites for hydroxylation is 2. The Balaban J connectivity index is 1.55. The number of hydrogen-bond acceptors (Lipinski definition) is 5. The number of aromatic nitrogens is 3. The van der Waals surface area contributed by atoms with Crippen molar-refractivity contribution in [3.63, 3.8) is 0 Å². The van der Waals surface area contributed by atoms with Gasteiger partial charge in [0, 0.05) is 16.9 Å². The topological polar surface area (TPSA) is 47.9 Å². The Bertz CT molecular complexity index is 1170. The Hall–Kier alpha value is -2.79. The minimum atomic E-state index is 0.0336. The summed E-state index contributed by atoms with van der Waals surface area (Å²) in [4.78, 5) is 14.4. The van der Waals surface area contributed by atoms with Crippen LogP contribution in [-0.2, 0) is 12.8 Å². The summed E-state index contributed by atoms with van der Waals surface area (Å²) in [6, 6.07) is 16.5. The van der Waals surface area contributed by atoms with Gasteiger partial charge < -0.3 is 4.74 Å². The molecule has 2 aromatic carbocycles. The predicted octanol–water partition coefficient (Wildman–Crippen LogP) is 6.84. The Kier molecular flexibility index (Phi) is 6.62. The van der Waals surface area contributed by atoms with Gasteiger partial charge in [0.25, 0.3) is 0 Å². The first kappa shape index (κ1) is 21.4. The number of fused-ring (bicyclic) bond motifs is 1. The Morgan fingerprint density at radius 1 is 0.871 bits per heavy atom. The zero-order chi connectivity index (χ0) is 21.8. The van der Waals surface area contributed by atoms with Crippen LogP contribution in [0.15, 0.2) is 53.9 Å². The Labute approximate surface area is 188 Å². The van der Waals surface area contributed by atoms with E-state index in [0.717, 1.165) is 41.6 Å². The molecule has 5 heteroatoms. The van der Waals surface area contributed by atoms with Crippen LogP contribution in [0.3, 0.4) is 0 Å². The van der Waals surface area contributed by atoms with Crippen LogP contribution in [0.4, 0.5) is 0 Å². The van der Waals surface area contributed by atoms with Gasteiger partial charge in [0.2, 0.25) is 5.88 Å². The van der Waals surface area contributed by atoms with E-state index < -0.39 is 0 Å². The second-order valence-corrected chi connectivity index (χ2v) is 9.31. The number of nitrogens with zero attached hydrogens (tertiary/aromatic N) is 3. The van der Waals surface area contributed by atoms with Gasteiger partial charge >= 0.3 is 0 Å². The fraction of sp³-hybridized carbons (Fsp3) is 0.346. The molecule has 0 aliphatic rings. The molecule has 4 nitrogen and oxygen atoms in total. The highest BCUT2D eigenvalue weighted by atomic mass is 32.1. The van der Waals surface area contributed by atoms with E-state index in [4.69, 9.17) is 19.7 Å². The lowest BCUT2D eigenvalue weighted by Crippen LogP contribution is -2.09. The van der Waals surface area contributed by atoms with Gasteiger partial charge in [-0.2, -0.15) is 0 Å². The SMILES string of the molecule is CC(C)Oc1nc2ccccc2nc1-c1cccc(CCCc2csc(C(C)C)n2)c1. The van der Waals surface area contributed by atoms with E-state index in [1.54, 1.807) is 11.3 Å². The molecule has 0 N–H and O–H groups in total. The van der Waals surface area contributed by atoms with Crippen LogP contribution in [0.25, 0.3) is 22.3 Å². The van der Waals surface area contributed by atoms with Crippen molar-refractivity contribution in [2.45, 2.75) is 59.0 Å². The number of rotatable bonds is 8. The van der Waals surface area contributed by atoms with Crippen LogP contribution in [0, 0.1) is 0 Å². The molecule has 0 fully saturated rings. The summed E-state index contributed by atoms with van der Waals surface area (Å²) < 4.78 is 6.03. The van der Waals surface area contributed by atoms with E-state index in [1.165, 1.54) is 16.3 Å². The van der Waals surface area contributed by atoms with Gasteiger partial charge in [-0.25, -0.2) is 15.0 Å². The summed E-state index contributed by atoms with van der Waals surface area (Å²) in [6.45, 7) is 8.42. The predicted molar refractivity (Wildman–Crippen MR) is 129 cm³/mol. The molecule has 0 aliphatic heterocycles. The lowest BCUT2D eigenvalue weighted by atomic mass is 10.0. The van der Waals surface area contributed by atoms with Crippen LogP contribution < -0.4 is 4.74 Å². The van der Waals surface area contributed by atoms with Gasteiger partial charge in [0.05, 0.1) is 27.8 Å². The second kappa shape index (κ2) is 9.56. The third-order valence-electron chi connectivity index (χ3n) is 5.05. The molecule has 0 spiro atoms. The van der Waals surface area contributed by atoms with E-state index in [1.807, 2.05) is 38.1 Å². The lowest BCUT2D eigenvalue weighted by molar-refractivity contribution is 0.234. The van der Waals surface area contributed by atoms with Gasteiger partial charge in [0.1, 0.15) is 5.69 Å². The number of hydrogen-bond donors (Lipinski definition) is 0. The zero-order valence-electron chi connectivity index (χ0n) is 18.6. The van der Waals surface area contributed by atoms with E-state index in [2.05, 4.69) is 43.5 Å². The van der Waals surface area contributed by atoms with Crippen LogP contribution in [0.2, 0.25) is 0 Å². The summed E-state index contributed by atoms with van der Waals surface area (Å²) in [5, 5.41) is 3.43. The maximum absolute atomic E-state index is 6.03. The second-order valence-electron chi connectivity index (χ2n) is 8.42. The molecule has 0 saturated carbocycles. The normalized spacial score (nSPS) is 11.5. The van der Waals surface area contributed by atoms with Crippen molar-refractivity contribution in [3.8, 4) is 17.1 Å². The summed E-state index contributed by atoms with van der Waals surface area (Å²) in [5.74, 6) is 1.09. The monoisotopic (exact) mass is 431 g/mol. The zero-order valence-corrected chi connectivity index (χ0v) is 19.4. The highest BCUT2D eigenvalue weighted by molar-refractivity contribution is 7.09. The molecule has 2 aromatic heterocycles. The lowest BCUT2D eigenvalue weighted by Gasteiger charge is -2.14. The van der Waals surface area contributed by atoms with Crippen LogP contribution in [-0.4, -0.2) is 21.1 Å². The summed E-state index contributed by atoms with van der Waals surface area (Å²) in [6.07, 6.45) is 3.12. The molecule has 0 unspecified atom stereocenters. The van der Waals surface area contributed by atoms with Gasteiger partial charge in [-0.05, 0) is 56.9 Å². The Morgan fingerprint density at radius 2 is 1.65 bits per heavy atom. The Morgan fingerprint density at radius 3 is 2.35 bits per heavy atom. The fourth-order valence-electron chi connectivity index (χ4n) is 3.53. The van der Waals surface area contributed by atoms with Crippen molar-refractivity contribution >= 4 is 22.4 Å². The maximum Gasteiger partial charge on any atom is 0.241 e. The molecule has 31 heavy (non-hydrogen) atoms. The molecule has 4 aromatic rings. The molecule has 0 atom stereocenters. The minimum Gasteiger partial charge on any atom is -0.473 e. The first-order valence-corrected chi connectivity index (χ1v) is 11.8. The minimum absolute atomic E-state index is 0.0336. The molecule has 0 aliphatic carbocycles. The molecule has 4 rings (SSSR count). The molecule has 2 heterocycles. The van der Waals surface area contributed by atoms with Crippen molar-refractivity contribution < 1.29 is 4.74 Å². The number of thiazole rings is 1. The quantitative estimate of drug-likeness (QED) is 0.306. The van der Waals surface area contributed by atoms with Crippen molar-refractivity contribution in [1.29, 1.82) is 0 Å². The first-order chi connectivity index (χ1) is 15.0. The maximum atomic E-state index is 6.03. The molecule has 0 saturated heterocycles. The van der Waals surface area contributed by atoms with Gasteiger partial charge in [-0.15, -0.1) is 11.3 Å². The van der Waals surface area contributed by atoms with Crippen LogP contribution in [0.1, 0.15) is 56.3 Å². The number of benzene rings is 2. The van der Waals surface area contributed by atoms with Crippen molar-refractivity contribution in [2.24, 2.45) is 0 Å². The summed E-state index contributed by atoms with van der Waals surface area (Å²) in [5.41, 5.74) is 6.07. The third-order valence-corrected chi connectivity index (χ3v) is 6.24. The summed E-state index contributed by atoms with van der Waals surface area (Å²) >= 11 is 1.77. The molecule has 0 radical (unpaired) electrons. The van der Waals surface area contributed by atoms with Gasteiger partial charge in [-0.3, -0.25) is 0 Å². The third kappa shape index (κ3) is 5.28. The largest absolute Gasteiger partial charge is 0.473 e. The molecule has 0 bridgehead atoms. The highest BCUT2D eigenvalue weighted by Crippen LogP contribution is 2.30. The van der Waals surface area contributed by atoms with Crippen LogP contribution >= 0.6 is 11.3 Å². The number of para-hydroxylation sites is 2. The standard InChI is InChI=1S/C26H29N3OS/c1-17(2)26-27-21(16-31-26)12-8-10-19-9-7-11-20(15-19)24-25(30-18(3)4)29-23-14-6-5-13-22(23)28-24/h5-7,9,11,13-18H,8,10,12H2,1-4H3. The highest BCUT2D eigenvalue weighted by Gasteiger charge is 2.14. The molecular weight excluding hydrogens is 402 g/mol. The fourth-order valence-corrected chi connectivity index (χ4v) is 4.40. The van der Waals surface area contributed by atoms with Crippen LogP contribution in [0.5, 0.6) is 5.88 Å². The van der Waals surface area contributed by atoms with Crippen molar-refractivity contribution in [2.75, 3.05) is 0 Å².